The Morgan fingerprint density at radius 1 is 1.30 bits per heavy atom. The van der Waals surface area contributed by atoms with Gasteiger partial charge in [0, 0.05) is 6.42 Å². The van der Waals surface area contributed by atoms with Gasteiger partial charge in [0.05, 0.1) is 0 Å². The van der Waals surface area contributed by atoms with E-state index < -0.39 is 0 Å². The van der Waals surface area contributed by atoms with Crippen LogP contribution in [0.1, 0.15) is 32.3 Å². The highest BCUT2D eigenvalue weighted by atomic mass is 16.3. The van der Waals surface area contributed by atoms with Crippen LogP contribution in [0.15, 0.2) is 16.5 Å². The molecule has 0 saturated heterocycles. The van der Waals surface area contributed by atoms with Crippen molar-refractivity contribution in [2.45, 2.75) is 34.1 Å². The predicted octanol–water partition coefficient (Wildman–Crippen LogP) is 3.18. The molecule has 0 bridgehead atoms. The van der Waals surface area contributed by atoms with Crippen molar-refractivity contribution in [2.24, 2.45) is 0 Å². The first-order valence-corrected chi connectivity index (χ1v) is 3.88. The fraction of sp³-hybridized carbons (Fsp3) is 0.556. The van der Waals surface area contributed by atoms with E-state index in [1.54, 1.807) is 0 Å². The number of hydrogen-bond donors (Lipinski definition) is 0. The molecule has 0 N–H and O–H groups in total. The highest BCUT2D eigenvalue weighted by molar-refractivity contribution is 5.04. The molecule has 0 atom stereocenters. The summed E-state index contributed by atoms with van der Waals surface area (Å²) in [5, 5.41) is 0. The van der Waals surface area contributed by atoms with E-state index in [9.17, 15) is 0 Å². The largest absolute Gasteiger partial charge is 0.466 e. The Balaban J connectivity index is 0.000000371. The molecule has 0 saturated carbocycles. The van der Waals surface area contributed by atoms with Crippen LogP contribution in [-0.4, -0.2) is 0 Å². The minimum atomic E-state index is 0.994. The van der Waals surface area contributed by atoms with Crippen LogP contribution in [0.2, 0.25) is 0 Å². The molecule has 1 aromatic heterocycles. The van der Waals surface area contributed by atoms with Gasteiger partial charge < -0.3 is 4.42 Å². The topological polar surface area (TPSA) is 13.1 Å². The molecular weight excluding hydrogens is 124 g/mol. The first-order chi connectivity index (χ1) is 4.83. The number of aryl methyl sites for hydroxylation is 2. The molecule has 0 unspecified atom stereocenters. The SMILES string of the molecule is CC.CCc1ccc(C)o1. The van der Waals surface area contributed by atoms with Gasteiger partial charge in [0.1, 0.15) is 11.5 Å². The van der Waals surface area contributed by atoms with Crippen molar-refractivity contribution in [3.8, 4) is 0 Å². The van der Waals surface area contributed by atoms with Crippen molar-refractivity contribution in [3.63, 3.8) is 0 Å². The van der Waals surface area contributed by atoms with E-state index in [4.69, 9.17) is 4.42 Å². The van der Waals surface area contributed by atoms with Crippen molar-refractivity contribution in [1.29, 1.82) is 0 Å². The fourth-order valence-electron chi connectivity index (χ4n) is 0.675. The monoisotopic (exact) mass is 140 g/mol. The van der Waals surface area contributed by atoms with Crippen molar-refractivity contribution in [3.05, 3.63) is 23.7 Å². The second-order valence-corrected chi connectivity index (χ2v) is 1.87. The molecule has 0 radical (unpaired) electrons. The van der Waals surface area contributed by atoms with Crippen molar-refractivity contribution in [1.82, 2.24) is 0 Å². The lowest BCUT2D eigenvalue weighted by Gasteiger charge is -1.83. The molecule has 1 nitrogen and oxygen atoms in total. The average molecular weight is 140 g/mol. The van der Waals surface area contributed by atoms with Gasteiger partial charge in [-0.3, -0.25) is 0 Å². The minimum Gasteiger partial charge on any atom is -0.466 e. The summed E-state index contributed by atoms with van der Waals surface area (Å²) in [7, 11) is 0. The molecule has 10 heavy (non-hydrogen) atoms. The lowest BCUT2D eigenvalue weighted by molar-refractivity contribution is 0.489. The molecular formula is C9H16O. The molecule has 0 aliphatic carbocycles. The lowest BCUT2D eigenvalue weighted by Crippen LogP contribution is -1.67. The maximum Gasteiger partial charge on any atom is 0.103 e. The van der Waals surface area contributed by atoms with Gasteiger partial charge in [0.15, 0.2) is 0 Å². The van der Waals surface area contributed by atoms with E-state index in [0.717, 1.165) is 17.9 Å². The summed E-state index contributed by atoms with van der Waals surface area (Å²) in [6, 6.07) is 3.99. The van der Waals surface area contributed by atoms with Crippen LogP contribution in [0.3, 0.4) is 0 Å². The molecule has 1 heteroatoms. The zero-order valence-corrected chi connectivity index (χ0v) is 7.27. The number of rotatable bonds is 1. The van der Waals surface area contributed by atoms with Crippen LogP contribution >= 0.6 is 0 Å². The van der Waals surface area contributed by atoms with Gasteiger partial charge in [-0.15, -0.1) is 0 Å². The molecule has 0 spiro atoms. The lowest BCUT2D eigenvalue weighted by atomic mass is 10.4. The fourth-order valence-corrected chi connectivity index (χ4v) is 0.675. The van der Waals surface area contributed by atoms with E-state index in [0.29, 0.717) is 0 Å². The normalized spacial score (nSPS) is 8.40. The summed E-state index contributed by atoms with van der Waals surface area (Å²) < 4.78 is 5.23. The summed E-state index contributed by atoms with van der Waals surface area (Å²) in [5.41, 5.74) is 0. The van der Waals surface area contributed by atoms with E-state index in [1.807, 2.05) is 32.9 Å². The van der Waals surface area contributed by atoms with Crippen molar-refractivity contribution >= 4 is 0 Å². The first kappa shape index (κ1) is 9.28. The molecule has 1 rings (SSSR count). The maximum absolute atomic E-state index is 5.23. The zero-order valence-electron chi connectivity index (χ0n) is 7.27. The van der Waals surface area contributed by atoms with Gasteiger partial charge in [-0.05, 0) is 19.1 Å². The minimum absolute atomic E-state index is 0.994. The summed E-state index contributed by atoms with van der Waals surface area (Å²) in [6.45, 7) is 8.04. The van der Waals surface area contributed by atoms with Crippen molar-refractivity contribution in [2.75, 3.05) is 0 Å². The second-order valence-electron chi connectivity index (χ2n) is 1.87. The Morgan fingerprint density at radius 2 is 1.90 bits per heavy atom. The number of hydrogen-bond acceptors (Lipinski definition) is 1. The molecule has 58 valence electrons. The molecule has 0 aliphatic heterocycles. The molecule has 1 aromatic rings. The van der Waals surface area contributed by atoms with Gasteiger partial charge in [0.2, 0.25) is 0 Å². The van der Waals surface area contributed by atoms with Gasteiger partial charge in [-0.2, -0.15) is 0 Å². The van der Waals surface area contributed by atoms with E-state index in [2.05, 4.69) is 6.92 Å². The Bertz CT molecular complexity index is 165. The highest BCUT2D eigenvalue weighted by Gasteiger charge is 1.91. The Kier molecular flexibility index (Phi) is 4.73. The van der Waals surface area contributed by atoms with Crippen LogP contribution in [0.5, 0.6) is 0 Å². The summed E-state index contributed by atoms with van der Waals surface area (Å²) in [4.78, 5) is 0. The third kappa shape index (κ3) is 2.72. The first-order valence-electron chi connectivity index (χ1n) is 3.88. The average Bonchev–Trinajstić information content (AvgIpc) is 2.40. The highest BCUT2D eigenvalue weighted by Crippen LogP contribution is 2.05. The van der Waals surface area contributed by atoms with Crippen LogP contribution in [0.25, 0.3) is 0 Å². The smallest absolute Gasteiger partial charge is 0.103 e. The third-order valence-electron chi connectivity index (χ3n) is 1.14. The predicted molar refractivity (Wildman–Crippen MR) is 44.2 cm³/mol. The van der Waals surface area contributed by atoms with Crippen molar-refractivity contribution < 1.29 is 4.42 Å². The summed E-state index contributed by atoms with van der Waals surface area (Å²) in [5.74, 6) is 2.07. The molecule has 0 fully saturated rings. The molecule has 0 amide bonds. The quantitative estimate of drug-likeness (QED) is 0.584. The Labute approximate surface area is 63.1 Å². The molecule has 1 heterocycles. The maximum atomic E-state index is 5.23. The van der Waals surface area contributed by atoms with Crippen LogP contribution in [0.4, 0.5) is 0 Å². The van der Waals surface area contributed by atoms with Crippen LogP contribution in [0, 0.1) is 6.92 Å². The second kappa shape index (κ2) is 5.10. The Hall–Kier alpha value is -0.720. The van der Waals surface area contributed by atoms with Gasteiger partial charge in [0.25, 0.3) is 0 Å². The third-order valence-corrected chi connectivity index (χ3v) is 1.14. The summed E-state index contributed by atoms with van der Waals surface area (Å²) >= 11 is 0. The van der Waals surface area contributed by atoms with E-state index in [1.165, 1.54) is 0 Å². The summed E-state index contributed by atoms with van der Waals surface area (Å²) in [6.07, 6.45) is 0.994. The molecule has 0 aliphatic rings. The van der Waals surface area contributed by atoms with E-state index >= 15 is 0 Å². The van der Waals surface area contributed by atoms with Gasteiger partial charge >= 0.3 is 0 Å². The Morgan fingerprint density at radius 3 is 2.10 bits per heavy atom. The van der Waals surface area contributed by atoms with E-state index in [-0.39, 0.29) is 0 Å². The van der Waals surface area contributed by atoms with Gasteiger partial charge in [-0.25, -0.2) is 0 Å². The molecule has 0 aromatic carbocycles. The van der Waals surface area contributed by atoms with Crippen LogP contribution in [-0.2, 0) is 6.42 Å². The van der Waals surface area contributed by atoms with Gasteiger partial charge in [-0.1, -0.05) is 20.8 Å². The zero-order chi connectivity index (χ0) is 7.98. The van der Waals surface area contributed by atoms with Crippen LogP contribution < -0.4 is 0 Å². The number of furan rings is 1. The standard InChI is InChI=1S/C7H10O.C2H6/c1-3-7-5-4-6(2)8-7;1-2/h4-5H,3H2,1-2H3;1-2H3.